The number of aromatic nitrogens is 2. The van der Waals surface area contributed by atoms with Gasteiger partial charge in [0.1, 0.15) is 17.5 Å². The first-order valence-corrected chi connectivity index (χ1v) is 7.39. The van der Waals surface area contributed by atoms with Crippen LogP contribution in [0.1, 0.15) is 43.7 Å². The molecule has 5 nitrogen and oxygen atoms in total. The van der Waals surface area contributed by atoms with Crippen molar-refractivity contribution in [1.29, 1.82) is 5.26 Å². The van der Waals surface area contributed by atoms with Crippen LogP contribution in [0.5, 0.6) is 0 Å². The average molecular weight is 281 g/mol. The Morgan fingerprint density at radius 2 is 1.90 bits per heavy atom. The first kappa shape index (κ1) is 13.5. The Balaban J connectivity index is 1.92. The number of anilines is 3. The summed E-state index contributed by atoms with van der Waals surface area (Å²) in [6.07, 6.45) is 5.85. The summed E-state index contributed by atoms with van der Waals surface area (Å²) in [4.78, 5) is 0. The molecule has 3 rings (SSSR count). The summed E-state index contributed by atoms with van der Waals surface area (Å²) in [7, 11) is 0. The third-order valence-corrected chi connectivity index (χ3v) is 4.02. The Kier molecular flexibility index (Phi) is 3.78. The van der Waals surface area contributed by atoms with E-state index in [0.29, 0.717) is 23.2 Å². The van der Waals surface area contributed by atoms with E-state index in [1.54, 1.807) is 0 Å². The van der Waals surface area contributed by atoms with Crippen molar-refractivity contribution in [3.8, 4) is 6.07 Å². The zero-order valence-corrected chi connectivity index (χ0v) is 11.9. The van der Waals surface area contributed by atoms with Gasteiger partial charge in [0.2, 0.25) is 0 Å². The van der Waals surface area contributed by atoms with Crippen LogP contribution >= 0.6 is 0 Å². The summed E-state index contributed by atoms with van der Waals surface area (Å²) >= 11 is 0. The number of rotatable bonds is 3. The molecule has 1 aliphatic rings. The maximum atomic E-state index is 9.37. The highest BCUT2D eigenvalue weighted by Crippen LogP contribution is 2.33. The second-order valence-electron chi connectivity index (χ2n) is 5.45. The molecule has 1 aromatic heterocycles. The van der Waals surface area contributed by atoms with Crippen LogP contribution in [0.25, 0.3) is 0 Å². The number of hydrogen-bond donors (Lipinski definition) is 2. The number of para-hydroxylation sites is 1. The van der Waals surface area contributed by atoms with E-state index in [9.17, 15) is 5.26 Å². The van der Waals surface area contributed by atoms with Gasteiger partial charge in [0.15, 0.2) is 5.82 Å². The molecule has 0 amide bonds. The summed E-state index contributed by atoms with van der Waals surface area (Å²) in [5.41, 5.74) is 7.48. The molecular formula is C16H19N5. The minimum absolute atomic E-state index is 0.317. The second kappa shape index (κ2) is 5.88. The molecule has 0 radical (unpaired) electrons. The highest BCUT2D eigenvalue weighted by atomic mass is 15.4. The quantitative estimate of drug-likeness (QED) is 0.901. The summed E-state index contributed by atoms with van der Waals surface area (Å²) in [6, 6.07) is 12.2. The van der Waals surface area contributed by atoms with Crippen LogP contribution < -0.4 is 11.1 Å². The van der Waals surface area contributed by atoms with Gasteiger partial charge in [-0.1, -0.05) is 37.5 Å². The van der Waals surface area contributed by atoms with Crippen LogP contribution in [0.2, 0.25) is 0 Å². The molecule has 1 saturated carbocycles. The Morgan fingerprint density at radius 3 is 2.57 bits per heavy atom. The third-order valence-electron chi connectivity index (χ3n) is 4.02. The van der Waals surface area contributed by atoms with E-state index in [1.165, 1.54) is 19.3 Å². The molecule has 1 aromatic carbocycles. The zero-order chi connectivity index (χ0) is 14.7. The summed E-state index contributed by atoms with van der Waals surface area (Å²) < 4.78 is 1.84. The van der Waals surface area contributed by atoms with Gasteiger partial charge in [-0.3, -0.25) is 0 Å². The molecule has 0 aliphatic heterocycles. The van der Waals surface area contributed by atoms with Crippen molar-refractivity contribution in [2.75, 3.05) is 11.1 Å². The summed E-state index contributed by atoms with van der Waals surface area (Å²) in [5, 5.41) is 17.1. The Morgan fingerprint density at radius 1 is 1.19 bits per heavy atom. The van der Waals surface area contributed by atoms with Gasteiger partial charge >= 0.3 is 0 Å². The number of nitrogen functional groups attached to an aromatic ring is 1. The lowest BCUT2D eigenvalue weighted by Crippen LogP contribution is -2.16. The normalized spacial score (nSPS) is 15.6. The SMILES string of the molecule is N#Cc1c(Nc2ccccc2)nn(C2CCCCC2)c1N. The Labute approximate surface area is 124 Å². The highest BCUT2D eigenvalue weighted by molar-refractivity contribution is 5.69. The van der Waals surface area contributed by atoms with Gasteiger partial charge in [0.25, 0.3) is 0 Å². The lowest BCUT2D eigenvalue weighted by atomic mass is 9.96. The lowest BCUT2D eigenvalue weighted by molar-refractivity contribution is 0.334. The van der Waals surface area contributed by atoms with Crippen LogP contribution in [0.3, 0.4) is 0 Å². The third kappa shape index (κ3) is 2.70. The van der Waals surface area contributed by atoms with Crippen molar-refractivity contribution < 1.29 is 0 Å². The first-order valence-electron chi connectivity index (χ1n) is 7.39. The van der Waals surface area contributed by atoms with Crippen LogP contribution in [0.4, 0.5) is 17.3 Å². The maximum Gasteiger partial charge on any atom is 0.172 e. The fourth-order valence-electron chi connectivity index (χ4n) is 2.91. The predicted octanol–water partition coefficient (Wildman–Crippen LogP) is 3.59. The Hall–Kier alpha value is -2.48. The van der Waals surface area contributed by atoms with Crippen molar-refractivity contribution in [3.05, 3.63) is 35.9 Å². The van der Waals surface area contributed by atoms with Gasteiger partial charge in [-0.25, -0.2) is 4.68 Å². The number of nitrogens with one attached hydrogen (secondary N) is 1. The van der Waals surface area contributed by atoms with Gasteiger partial charge in [-0.2, -0.15) is 10.4 Å². The van der Waals surface area contributed by atoms with E-state index >= 15 is 0 Å². The molecule has 0 atom stereocenters. The van der Waals surface area contributed by atoms with Crippen molar-refractivity contribution in [2.24, 2.45) is 0 Å². The van der Waals surface area contributed by atoms with E-state index in [1.807, 2.05) is 35.0 Å². The van der Waals surface area contributed by atoms with Crippen molar-refractivity contribution >= 4 is 17.3 Å². The minimum atomic E-state index is 0.317. The fraction of sp³-hybridized carbons (Fsp3) is 0.375. The molecule has 0 unspecified atom stereocenters. The smallest absolute Gasteiger partial charge is 0.172 e. The number of nitriles is 1. The van der Waals surface area contributed by atoms with Crippen molar-refractivity contribution in [2.45, 2.75) is 38.1 Å². The molecule has 1 heterocycles. The van der Waals surface area contributed by atoms with Gasteiger partial charge in [0.05, 0.1) is 6.04 Å². The van der Waals surface area contributed by atoms with Crippen LogP contribution in [-0.4, -0.2) is 9.78 Å². The molecule has 3 N–H and O–H groups in total. The molecule has 5 heteroatoms. The molecule has 21 heavy (non-hydrogen) atoms. The van der Waals surface area contributed by atoms with E-state index in [0.717, 1.165) is 18.5 Å². The highest BCUT2D eigenvalue weighted by Gasteiger charge is 2.23. The summed E-state index contributed by atoms with van der Waals surface area (Å²) in [5.74, 6) is 1.02. The van der Waals surface area contributed by atoms with Crippen LogP contribution in [0.15, 0.2) is 30.3 Å². The molecule has 1 aliphatic carbocycles. The average Bonchev–Trinajstić information content (AvgIpc) is 2.85. The van der Waals surface area contributed by atoms with Crippen molar-refractivity contribution in [3.63, 3.8) is 0 Å². The molecule has 1 fully saturated rings. The van der Waals surface area contributed by atoms with E-state index in [4.69, 9.17) is 5.73 Å². The number of nitrogens with two attached hydrogens (primary N) is 1. The largest absolute Gasteiger partial charge is 0.383 e. The molecular weight excluding hydrogens is 262 g/mol. The predicted molar refractivity (Wildman–Crippen MR) is 83.2 cm³/mol. The molecule has 0 spiro atoms. The minimum Gasteiger partial charge on any atom is -0.383 e. The number of nitrogens with zero attached hydrogens (tertiary/aromatic N) is 3. The number of benzene rings is 1. The number of hydrogen-bond acceptors (Lipinski definition) is 4. The van der Waals surface area contributed by atoms with Gasteiger partial charge in [0, 0.05) is 5.69 Å². The lowest BCUT2D eigenvalue weighted by Gasteiger charge is -2.22. The van der Waals surface area contributed by atoms with Gasteiger partial charge in [-0.05, 0) is 25.0 Å². The van der Waals surface area contributed by atoms with Gasteiger partial charge in [-0.15, -0.1) is 0 Å². The van der Waals surface area contributed by atoms with E-state index in [-0.39, 0.29) is 0 Å². The molecule has 0 bridgehead atoms. The second-order valence-corrected chi connectivity index (χ2v) is 5.45. The molecule has 0 saturated heterocycles. The van der Waals surface area contributed by atoms with Crippen LogP contribution in [0, 0.1) is 11.3 Å². The first-order chi connectivity index (χ1) is 10.3. The van der Waals surface area contributed by atoms with E-state index < -0.39 is 0 Å². The fourth-order valence-corrected chi connectivity index (χ4v) is 2.91. The monoisotopic (exact) mass is 281 g/mol. The van der Waals surface area contributed by atoms with Crippen molar-refractivity contribution in [1.82, 2.24) is 9.78 Å². The zero-order valence-electron chi connectivity index (χ0n) is 11.9. The summed E-state index contributed by atoms with van der Waals surface area (Å²) in [6.45, 7) is 0. The standard InChI is InChI=1S/C16H19N5/c17-11-14-15(18)21(13-9-5-2-6-10-13)20-16(14)19-12-7-3-1-4-8-12/h1,3-4,7-8,13H,2,5-6,9-10,18H2,(H,19,20). The van der Waals surface area contributed by atoms with Crippen LogP contribution in [-0.2, 0) is 0 Å². The topological polar surface area (TPSA) is 79.7 Å². The molecule has 2 aromatic rings. The van der Waals surface area contributed by atoms with E-state index in [2.05, 4.69) is 16.5 Å². The maximum absolute atomic E-state index is 9.37. The molecule has 108 valence electrons. The van der Waals surface area contributed by atoms with Gasteiger partial charge < -0.3 is 11.1 Å². The Bertz CT molecular complexity index is 647.